The molecule has 39 heavy (non-hydrogen) atoms. The summed E-state index contributed by atoms with van der Waals surface area (Å²) in [6.07, 6.45) is 6.66. The summed E-state index contributed by atoms with van der Waals surface area (Å²) in [6, 6.07) is 16.1. The number of piperidine rings is 1. The van der Waals surface area contributed by atoms with Crippen molar-refractivity contribution in [1.82, 2.24) is 25.8 Å². The van der Waals surface area contributed by atoms with Gasteiger partial charge in [-0.2, -0.15) is 5.10 Å². The van der Waals surface area contributed by atoms with Crippen LogP contribution in [-0.4, -0.2) is 55.0 Å². The molecule has 2 aromatic carbocycles. The van der Waals surface area contributed by atoms with E-state index in [2.05, 4.69) is 25.8 Å². The summed E-state index contributed by atoms with van der Waals surface area (Å²) in [7, 11) is -3.56. The van der Waals surface area contributed by atoms with Crippen LogP contribution in [0.25, 0.3) is 22.2 Å². The number of aromatic amines is 1. The molecule has 2 fully saturated rings. The highest BCUT2D eigenvalue weighted by Crippen LogP contribution is 2.40. The zero-order valence-corrected chi connectivity index (χ0v) is 22.5. The number of pyridine rings is 1. The van der Waals surface area contributed by atoms with Gasteiger partial charge in [0.2, 0.25) is 0 Å². The first kappa shape index (κ1) is 25.5. The molecule has 1 aliphatic carbocycles. The van der Waals surface area contributed by atoms with Gasteiger partial charge in [-0.05, 0) is 93.2 Å². The molecule has 10 heteroatoms. The van der Waals surface area contributed by atoms with Gasteiger partial charge in [-0.15, -0.1) is 0 Å². The van der Waals surface area contributed by atoms with Crippen LogP contribution in [-0.2, 0) is 9.84 Å². The first-order valence-electron chi connectivity index (χ1n) is 13.3. The molecule has 1 unspecified atom stereocenters. The van der Waals surface area contributed by atoms with Gasteiger partial charge < -0.3 is 15.4 Å². The molecule has 1 aliphatic heterocycles. The number of hydrogen-bond acceptors (Lipinski definition) is 7. The molecular formula is C29H31N5O4S. The van der Waals surface area contributed by atoms with Gasteiger partial charge in [0, 0.05) is 29.0 Å². The number of carbonyl (C=O) groups is 1. The molecular weight excluding hydrogens is 514 g/mol. The fourth-order valence-electron chi connectivity index (χ4n) is 5.16. The summed E-state index contributed by atoms with van der Waals surface area (Å²) in [5, 5.41) is 14.7. The van der Waals surface area contributed by atoms with Crippen molar-refractivity contribution in [2.75, 3.05) is 19.3 Å². The van der Waals surface area contributed by atoms with Crippen molar-refractivity contribution in [1.29, 1.82) is 0 Å². The number of H-pyrrole nitrogens is 1. The number of benzene rings is 2. The van der Waals surface area contributed by atoms with E-state index in [0.717, 1.165) is 55.4 Å². The van der Waals surface area contributed by atoms with Gasteiger partial charge in [0.1, 0.15) is 16.7 Å². The Kier molecular flexibility index (Phi) is 6.82. The number of aromatic nitrogens is 3. The Hall–Kier alpha value is -3.76. The normalized spacial score (nSPS) is 17.2. The number of nitrogens with one attached hydrogen (secondary N) is 3. The maximum absolute atomic E-state index is 13.3. The Bertz CT molecular complexity index is 1610. The smallest absolute Gasteiger partial charge is 0.251 e. The van der Waals surface area contributed by atoms with Crippen LogP contribution >= 0.6 is 0 Å². The highest BCUT2D eigenvalue weighted by atomic mass is 32.2. The van der Waals surface area contributed by atoms with Gasteiger partial charge in [0.25, 0.3) is 5.91 Å². The molecule has 9 nitrogen and oxygen atoms in total. The fraction of sp³-hybridized carbons (Fsp3) is 0.345. The number of rotatable bonds is 8. The minimum absolute atomic E-state index is 0.0320. The molecule has 1 atom stereocenters. The molecule has 6 rings (SSSR count). The van der Waals surface area contributed by atoms with Gasteiger partial charge in [-0.25, -0.2) is 8.42 Å². The summed E-state index contributed by atoms with van der Waals surface area (Å²) in [5.41, 5.74) is 3.31. The summed E-state index contributed by atoms with van der Waals surface area (Å²) in [4.78, 5) is 17.9. The number of nitrogens with zero attached hydrogens (tertiary/aromatic N) is 2. The number of ether oxygens (including phenoxy) is 1. The monoisotopic (exact) mass is 545 g/mol. The lowest BCUT2D eigenvalue weighted by Gasteiger charge is -2.25. The van der Waals surface area contributed by atoms with E-state index in [1.165, 1.54) is 6.26 Å². The zero-order chi connectivity index (χ0) is 27.0. The quantitative estimate of drug-likeness (QED) is 0.305. The predicted molar refractivity (Wildman–Crippen MR) is 148 cm³/mol. The molecule has 0 bridgehead atoms. The second-order valence-electron chi connectivity index (χ2n) is 10.4. The van der Waals surface area contributed by atoms with E-state index < -0.39 is 9.84 Å². The van der Waals surface area contributed by atoms with Gasteiger partial charge in [0.15, 0.2) is 9.84 Å². The Morgan fingerprint density at radius 3 is 2.59 bits per heavy atom. The van der Waals surface area contributed by atoms with Crippen molar-refractivity contribution in [3.8, 4) is 17.0 Å². The van der Waals surface area contributed by atoms with Crippen molar-refractivity contribution in [2.45, 2.75) is 42.7 Å². The van der Waals surface area contributed by atoms with Gasteiger partial charge >= 0.3 is 0 Å². The molecule has 0 radical (unpaired) electrons. The van der Waals surface area contributed by atoms with Crippen LogP contribution in [0.1, 0.15) is 47.8 Å². The standard InChI is InChI=1S/C29H31N5O4S/c1-39(36,37)26-17-19(8-10-25(26)38-21-11-14-30-15-12-21)27-22-16-20(7-9-23(22)33-34-27)29(35)32-28(18-5-6-18)24-4-2-3-13-31-24/h2-4,7-10,13,16-18,21,28,30H,5-6,11-12,14-15H2,1H3,(H,32,35)(H,33,34). The molecule has 2 aliphatic rings. The molecule has 3 N–H and O–H groups in total. The Morgan fingerprint density at radius 2 is 1.87 bits per heavy atom. The fourth-order valence-corrected chi connectivity index (χ4v) is 5.98. The Labute approximate surface area is 227 Å². The maximum atomic E-state index is 13.3. The Balaban J connectivity index is 1.31. The second kappa shape index (κ2) is 10.4. The van der Waals surface area contributed by atoms with E-state index in [1.54, 1.807) is 30.5 Å². The van der Waals surface area contributed by atoms with Crippen LogP contribution in [0, 0.1) is 5.92 Å². The molecule has 202 valence electrons. The largest absolute Gasteiger partial charge is 0.489 e. The minimum Gasteiger partial charge on any atom is -0.489 e. The third kappa shape index (κ3) is 5.53. The average molecular weight is 546 g/mol. The lowest BCUT2D eigenvalue weighted by molar-refractivity contribution is 0.0930. The number of sulfone groups is 1. The summed E-state index contributed by atoms with van der Waals surface area (Å²) in [5.74, 6) is 0.555. The van der Waals surface area contributed by atoms with Gasteiger partial charge in [-0.1, -0.05) is 6.07 Å². The van der Waals surface area contributed by atoms with E-state index in [4.69, 9.17) is 4.74 Å². The molecule has 1 amide bonds. The second-order valence-corrected chi connectivity index (χ2v) is 12.4. The zero-order valence-electron chi connectivity index (χ0n) is 21.7. The third-order valence-electron chi connectivity index (χ3n) is 7.41. The molecule has 1 saturated heterocycles. The van der Waals surface area contributed by atoms with E-state index in [0.29, 0.717) is 28.5 Å². The Morgan fingerprint density at radius 1 is 1.05 bits per heavy atom. The number of amides is 1. The van der Waals surface area contributed by atoms with Crippen LogP contribution in [0.15, 0.2) is 65.7 Å². The minimum atomic E-state index is -3.56. The van der Waals surface area contributed by atoms with E-state index in [9.17, 15) is 13.2 Å². The van der Waals surface area contributed by atoms with Crippen LogP contribution in [0.4, 0.5) is 0 Å². The maximum Gasteiger partial charge on any atom is 0.251 e. The lowest BCUT2D eigenvalue weighted by Crippen LogP contribution is -2.34. The van der Waals surface area contributed by atoms with E-state index in [-0.39, 0.29) is 22.9 Å². The lowest BCUT2D eigenvalue weighted by atomic mass is 10.0. The topological polar surface area (TPSA) is 126 Å². The SMILES string of the molecule is CS(=O)(=O)c1cc(-c2n[nH]c3ccc(C(=O)NC(c4ccccn4)C4CC4)cc23)ccc1OC1CCNCC1. The summed E-state index contributed by atoms with van der Waals surface area (Å²) < 4.78 is 31.6. The molecule has 4 aromatic rings. The van der Waals surface area contributed by atoms with Gasteiger partial charge in [0.05, 0.1) is 22.9 Å². The van der Waals surface area contributed by atoms with E-state index in [1.807, 2.05) is 30.3 Å². The van der Waals surface area contributed by atoms with Crippen molar-refractivity contribution in [3.63, 3.8) is 0 Å². The van der Waals surface area contributed by atoms with Crippen LogP contribution in [0.2, 0.25) is 0 Å². The molecule has 3 heterocycles. The number of fused-ring (bicyclic) bond motifs is 1. The molecule has 2 aromatic heterocycles. The van der Waals surface area contributed by atoms with Crippen molar-refractivity contribution >= 4 is 26.6 Å². The van der Waals surface area contributed by atoms with Crippen molar-refractivity contribution in [2.24, 2.45) is 5.92 Å². The van der Waals surface area contributed by atoms with Crippen molar-refractivity contribution < 1.29 is 17.9 Å². The number of carbonyl (C=O) groups excluding carboxylic acids is 1. The number of hydrogen-bond donors (Lipinski definition) is 3. The first-order chi connectivity index (χ1) is 18.9. The van der Waals surface area contributed by atoms with Crippen LogP contribution in [0.5, 0.6) is 5.75 Å². The van der Waals surface area contributed by atoms with Crippen molar-refractivity contribution in [3.05, 3.63) is 72.1 Å². The highest BCUT2D eigenvalue weighted by Gasteiger charge is 2.34. The first-order valence-corrected chi connectivity index (χ1v) is 15.2. The highest BCUT2D eigenvalue weighted by molar-refractivity contribution is 7.90. The summed E-state index contributed by atoms with van der Waals surface area (Å²) >= 11 is 0. The third-order valence-corrected chi connectivity index (χ3v) is 8.53. The average Bonchev–Trinajstić information content (AvgIpc) is 3.70. The molecule has 0 spiro atoms. The summed E-state index contributed by atoms with van der Waals surface area (Å²) in [6.45, 7) is 1.69. The predicted octanol–water partition coefficient (Wildman–Crippen LogP) is 4.04. The van der Waals surface area contributed by atoms with Gasteiger partial charge in [-0.3, -0.25) is 14.9 Å². The van der Waals surface area contributed by atoms with Crippen LogP contribution in [0.3, 0.4) is 0 Å². The van der Waals surface area contributed by atoms with Crippen LogP contribution < -0.4 is 15.4 Å². The van der Waals surface area contributed by atoms with E-state index >= 15 is 0 Å². The molecule has 1 saturated carbocycles.